The van der Waals surface area contributed by atoms with E-state index in [4.69, 9.17) is 34.0 Å². The van der Waals surface area contributed by atoms with Crippen molar-refractivity contribution in [1.29, 1.82) is 0 Å². The van der Waals surface area contributed by atoms with Crippen LogP contribution in [0.4, 0.5) is 0 Å². The number of halogens is 2. The highest BCUT2D eigenvalue weighted by Crippen LogP contribution is 2.33. The molecule has 0 aliphatic heterocycles. The van der Waals surface area contributed by atoms with E-state index in [2.05, 4.69) is 4.98 Å². The molecule has 2 rings (SSSR count). The number of carboxylic acid groups (broad SMARTS) is 1. The van der Waals surface area contributed by atoms with Gasteiger partial charge in [-0.15, -0.1) is 0 Å². The Morgan fingerprint density at radius 1 is 1.19 bits per heavy atom. The molecule has 0 fully saturated rings. The molecule has 21 heavy (non-hydrogen) atoms. The van der Waals surface area contributed by atoms with Gasteiger partial charge in [0.25, 0.3) is 5.91 Å². The highest BCUT2D eigenvalue weighted by atomic mass is 35.5. The number of nitrogens with zero attached hydrogens (tertiary/aromatic N) is 1. The summed E-state index contributed by atoms with van der Waals surface area (Å²) in [5, 5.41) is 9.80. The molecule has 108 valence electrons. The molecule has 0 bridgehead atoms. The van der Waals surface area contributed by atoms with E-state index in [1.54, 1.807) is 12.1 Å². The number of aromatic nitrogens is 1. The standard InChI is InChI=1S/C14H10Cl2N2O3/c1-6-12(13(17)19)9(5-11(18-6)14(20)21)8-3-2-7(15)4-10(8)16/h2-5H,1H3,(H2,17,19)(H,20,21). The van der Waals surface area contributed by atoms with Crippen molar-refractivity contribution in [2.45, 2.75) is 6.92 Å². The molecule has 0 unspecified atom stereocenters. The van der Waals surface area contributed by atoms with E-state index < -0.39 is 11.9 Å². The van der Waals surface area contributed by atoms with E-state index >= 15 is 0 Å². The monoisotopic (exact) mass is 324 g/mol. The fraction of sp³-hybridized carbons (Fsp3) is 0.0714. The molecule has 3 N–H and O–H groups in total. The van der Waals surface area contributed by atoms with Crippen LogP contribution in [0.15, 0.2) is 24.3 Å². The Kier molecular flexibility index (Phi) is 4.16. The number of pyridine rings is 1. The maximum absolute atomic E-state index is 11.6. The average molecular weight is 325 g/mol. The predicted molar refractivity (Wildman–Crippen MR) is 79.9 cm³/mol. The van der Waals surface area contributed by atoms with Crippen LogP contribution >= 0.6 is 23.2 Å². The van der Waals surface area contributed by atoms with Crippen molar-refractivity contribution >= 4 is 35.1 Å². The summed E-state index contributed by atoms with van der Waals surface area (Å²) in [6.07, 6.45) is 0. The van der Waals surface area contributed by atoms with Gasteiger partial charge in [-0.25, -0.2) is 9.78 Å². The van der Waals surface area contributed by atoms with Crippen LogP contribution in [0.1, 0.15) is 26.5 Å². The second kappa shape index (κ2) is 5.71. The third kappa shape index (κ3) is 2.99. The first-order chi connectivity index (χ1) is 9.81. The predicted octanol–water partition coefficient (Wildman–Crippen LogP) is 3.16. The van der Waals surface area contributed by atoms with Gasteiger partial charge >= 0.3 is 5.97 Å². The van der Waals surface area contributed by atoms with E-state index in [-0.39, 0.29) is 22.0 Å². The Morgan fingerprint density at radius 3 is 2.38 bits per heavy atom. The van der Waals surface area contributed by atoms with E-state index in [0.29, 0.717) is 16.1 Å². The third-order valence-corrected chi connectivity index (χ3v) is 3.43. The first-order valence-corrected chi connectivity index (χ1v) is 6.57. The molecule has 0 radical (unpaired) electrons. The SMILES string of the molecule is Cc1nc(C(=O)O)cc(-c2ccc(Cl)cc2Cl)c1C(N)=O. The molecule has 1 aromatic carbocycles. The van der Waals surface area contributed by atoms with Gasteiger partial charge in [-0.2, -0.15) is 0 Å². The first kappa shape index (κ1) is 15.3. The van der Waals surface area contributed by atoms with E-state index in [1.165, 1.54) is 19.1 Å². The van der Waals surface area contributed by atoms with Crippen LogP contribution in [-0.2, 0) is 0 Å². The van der Waals surface area contributed by atoms with Gasteiger partial charge in [0.15, 0.2) is 0 Å². The van der Waals surface area contributed by atoms with Crippen LogP contribution in [-0.4, -0.2) is 22.0 Å². The highest BCUT2D eigenvalue weighted by molar-refractivity contribution is 6.36. The van der Waals surface area contributed by atoms with Gasteiger partial charge in [-0.1, -0.05) is 29.3 Å². The van der Waals surface area contributed by atoms with Gasteiger partial charge < -0.3 is 10.8 Å². The smallest absolute Gasteiger partial charge is 0.354 e. The molecule has 1 amide bonds. The number of amides is 1. The molecule has 0 atom stereocenters. The Bertz CT molecular complexity index is 760. The summed E-state index contributed by atoms with van der Waals surface area (Å²) in [5.41, 5.74) is 6.30. The van der Waals surface area contributed by atoms with Gasteiger partial charge in [0, 0.05) is 21.2 Å². The summed E-state index contributed by atoms with van der Waals surface area (Å²) >= 11 is 12.0. The fourth-order valence-corrected chi connectivity index (χ4v) is 2.52. The molecule has 1 heterocycles. The third-order valence-electron chi connectivity index (χ3n) is 2.89. The Balaban J connectivity index is 2.81. The summed E-state index contributed by atoms with van der Waals surface area (Å²) in [7, 11) is 0. The molecule has 0 aliphatic carbocycles. The largest absolute Gasteiger partial charge is 0.477 e. The topological polar surface area (TPSA) is 93.3 Å². The Hall–Kier alpha value is -2.11. The maximum Gasteiger partial charge on any atom is 0.354 e. The van der Waals surface area contributed by atoms with Crippen LogP contribution in [0.5, 0.6) is 0 Å². The van der Waals surface area contributed by atoms with Crippen LogP contribution < -0.4 is 5.73 Å². The molecule has 0 spiro atoms. The van der Waals surface area contributed by atoms with E-state index in [9.17, 15) is 9.59 Å². The minimum Gasteiger partial charge on any atom is -0.477 e. The van der Waals surface area contributed by atoms with E-state index in [0.717, 1.165) is 0 Å². The zero-order chi connectivity index (χ0) is 15.7. The molecule has 5 nitrogen and oxygen atoms in total. The lowest BCUT2D eigenvalue weighted by Gasteiger charge is -2.12. The molecule has 0 aliphatic rings. The molecule has 2 aromatic rings. The van der Waals surface area contributed by atoms with Gasteiger partial charge in [-0.05, 0) is 25.1 Å². The lowest BCUT2D eigenvalue weighted by atomic mass is 9.97. The van der Waals surface area contributed by atoms with Crippen molar-refractivity contribution in [2.75, 3.05) is 0 Å². The first-order valence-electron chi connectivity index (χ1n) is 5.81. The number of primary amides is 1. The molecule has 7 heteroatoms. The van der Waals surface area contributed by atoms with Gasteiger partial charge in [0.2, 0.25) is 0 Å². The number of carboxylic acids is 1. The summed E-state index contributed by atoms with van der Waals surface area (Å²) in [4.78, 5) is 26.6. The van der Waals surface area contributed by atoms with Crippen LogP contribution in [0.3, 0.4) is 0 Å². The number of rotatable bonds is 3. The minimum absolute atomic E-state index is 0.129. The molecule has 1 aromatic heterocycles. The van der Waals surface area contributed by atoms with E-state index in [1.807, 2.05) is 0 Å². The summed E-state index contributed by atoms with van der Waals surface area (Å²) in [6, 6.07) is 5.95. The second-order valence-electron chi connectivity index (χ2n) is 4.31. The van der Waals surface area contributed by atoms with Crippen molar-refractivity contribution in [2.24, 2.45) is 5.73 Å². The van der Waals surface area contributed by atoms with Gasteiger partial charge in [0.1, 0.15) is 5.69 Å². The summed E-state index contributed by atoms with van der Waals surface area (Å²) in [5.74, 6) is -1.92. The van der Waals surface area contributed by atoms with Crippen LogP contribution in [0.25, 0.3) is 11.1 Å². The van der Waals surface area contributed by atoms with Gasteiger partial charge in [0.05, 0.1) is 11.3 Å². The van der Waals surface area contributed by atoms with Crippen molar-refractivity contribution in [1.82, 2.24) is 4.98 Å². The number of hydrogen-bond acceptors (Lipinski definition) is 3. The fourth-order valence-electron chi connectivity index (χ4n) is 2.01. The zero-order valence-electron chi connectivity index (χ0n) is 10.9. The number of benzene rings is 1. The number of nitrogens with two attached hydrogens (primary N) is 1. The molecule has 0 saturated carbocycles. The Labute approximate surface area is 130 Å². The molecular weight excluding hydrogens is 315 g/mol. The Morgan fingerprint density at radius 2 is 1.86 bits per heavy atom. The number of carbonyl (C=O) groups is 2. The van der Waals surface area contributed by atoms with Crippen molar-refractivity contribution in [3.8, 4) is 11.1 Å². The number of aryl methyl sites for hydroxylation is 1. The van der Waals surface area contributed by atoms with Crippen molar-refractivity contribution in [3.05, 3.63) is 51.3 Å². The van der Waals surface area contributed by atoms with Crippen LogP contribution in [0, 0.1) is 6.92 Å². The van der Waals surface area contributed by atoms with Crippen molar-refractivity contribution in [3.63, 3.8) is 0 Å². The number of aromatic carboxylic acids is 1. The van der Waals surface area contributed by atoms with Crippen molar-refractivity contribution < 1.29 is 14.7 Å². The quantitative estimate of drug-likeness (QED) is 0.906. The van der Waals surface area contributed by atoms with Crippen LogP contribution in [0.2, 0.25) is 10.0 Å². The summed E-state index contributed by atoms with van der Waals surface area (Å²) < 4.78 is 0. The minimum atomic E-state index is -1.21. The normalized spacial score (nSPS) is 10.4. The average Bonchev–Trinajstić information content (AvgIpc) is 2.37. The lowest BCUT2D eigenvalue weighted by molar-refractivity contribution is 0.0689. The van der Waals surface area contributed by atoms with Gasteiger partial charge in [-0.3, -0.25) is 4.79 Å². The lowest BCUT2D eigenvalue weighted by Crippen LogP contribution is -2.17. The number of hydrogen-bond donors (Lipinski definition) is 2. The molecular formula is C14H10Cl2N2O3. The zero-order valence-corrected chi connectivity index (χ0v) is 12.4. The highest BCUT2D eigenvalue weighted by Gasteiger charge is 2.20. The second-order valence-corrected chi connectivity index (χ2v) is 5.15. The summed E-state index contributed by atoms with van der Waals surface area (Å²) in [6.45, 7) is 1.51. The molecule has 0 saturated heterocycles. The number of carbonyl (C=O) groups excluding carboxylic acids is 1. The maximum atomic E-state index is 11.6.